The fraction of sp³-hybridized carbons (Fsp3) is 0.385. The van der Waals surface area contributed by atoms with Crippen molar-refractivity contribution in [1.29, 1.82) is 0 Å². The summed E-state index contributed by atoms with van der Waals surface area (Å²) in [4.78, 5) is 17.4. The molecule has 0 aromatic carbocycles. The molecule has 0 amide bonds. The van der Waals surface area contributed by atoms with E-state index in [2.05, 4.69) is 4.98 Å². The van der Waals surface area contributed by atoms with Gasteiger partial charge in [-0.15, -0.1) is 0 Å². The summed E-state index contributed by atoms with van der Waals surface area (Å²) in [6.45, 7) is 3.87. The van der Waals surface area contributed by atoms with Crippen molar-refractivity contribution in [3.8, 4) is 0 Å². The number of hydrogen-bond acceptors (Lipinski definition) is 3. The quantitative estimate of drug-likeness (QED) is 0.892. The van der Waals surface area contributed by atoms with Crippen LogP contribution in [0, 0.1) is 0 Å². The van der Waals surface area contributed by atoms with Gasteiger partial charge in [0, 0.05) is 18.9 Å². The van der Waals surface area contributed by atoms with Crippen molar-refractivity contribution in [2.75, 3.05) is 7.05 Å². The molecule has 0 aliphatic heterocycles. The molecule has 0 bridgehead atoms. The van der Waals surface area contributed by atoms with Gasteiger partial charge in [0.05, 0.1) is 5.69 Å². The van der Waals surface area contributed by atoms with Crippen molar-refractivity contribution in [3.63, 3.8) is 0 Å². The molecule has 0 atom stereocenters. The standard InChI is InChI=1S/C13H17N3O2/c1-13(2,12(17)18)15(3)8-10-9-16-7-5-4-6-11(16)14-10/h4-7,9H,8H2,1-3H3,(H,17,18). The van der Waals surface area contributed by atoms with Gasteiger partial charge in [0.2, 0.25) is 0 Å². The fourth-order valence-electron chi connectivity index (χ4n) is 1.67. The van der Waals surface area contributed by atoms with Gasteiger partial charge in [-0.1, -0.05) is 6.07 Å². The predicted molar refractivity (Wildman–Crippen MR) is 68.4 cm³/mol. The molecule has 2 rings (SSSR count). The molecule has 1 N–H and O–H groups in total. The fourth-order valence-corrected chi connectivity index (χ4v) is 1.67. The van der Waals surface area contributed by atoms with Crippen molar-refractivity contribution in [2.24, 2.45) is 0 Å². The van der Waals surface area contributed by atoms with Gasteiger partial charge in [0.1, 0.15) is 11.2 Å². The number of fused-ring (bicyclic) bond motifs is 1. The Morgan fingerprint density at radius 1 is 1.50 bits per heavy atom. The number of rotatable bonds is 4. The van der Waals surface area contributed by atoms with Crippen LogP contribution in [0.5, 0.6) is 0 Å². The minimum atomic E-state index is -0.907. The first-order valence-electron chi connectivity index (χ1n) is 5.78. The number of aromatic nitrogens is 2. The number of carboxylic acid groups (broad SMARTS) is 1. The number of aliphatic carboxylic acids is 1. The molecular formula is C13H17N3O2. The maximum absolute atomic E-state index is 11.2. The second-order valence-electron chi connectivity index (χ2n) is 4.92. The van der Waals surface area contributed by atoms with E-state index in [4.69, 9.17) is 5.11 Å². The van der Waals surface area contributed by atoms with Crippen LogP contribution in [-0.4, -0.2) is 37.9 Å². The van der Waals surface area contributed by atoms with E-state index in [9.17, 15) is 4.79 Å². The number of nitrogens with zero attached hydrogens (tertiary/aromatic N) is 3. The maximum Gasteiger partial charge on any atom is 0.323 e. The van der Waals surface area contributed by atoms with Crippen LogP contribution in [0.2, 0.25) is 0 Å². The molecule has 5 nitrogen and oxygen atoms in total. The number of hydrogen-bond donors (Lipinski definition) is 1. The van der Waals surface area contributed by atoms with Crippen molar-refractivity contribution >= 4 is 11.6 Å². The topological polar surface area (TPSA) is 57.8 Å². The van der Waals surface area contributed by atoms with Crippen LogP contribution in [0.4, 0.5) is 0 Å². The zero-order valence-electron chi connectivity index (χ0n) is 10.8. The Balaban J connectivity index is 2.21. The van der Waals surface area contributed by atoms with Crippen LogP contribution < -0.4 is 0 Å². The first-order chi connectivity index (χ1) is 8.41. The number of carbonyl (C=O) groups is 1. The molecule has 0 unspecified atom stereocenters. The largest absolute Gasteiger partial charge is 0.480 e. The van der Waals surface area contributed by atoms with E-state index < -0.39 is 11.5 Å². The molecule has 0 spiro atoms. The van der Waals surface area contributed by atoms with Crippen LogP contribution in [0.25, 0.3) is 5.65 Å². The summed E-state index contributed by atoms with van der Waals surface area (Å²) in [6, 6.07) is 5.78. The number of imidazole rings is 1. The third kappa shape index (κ3) is 2.22. The van der Waals surface area contributed by atoms with E-state index in [0.717, 1.165) is 11.3 Å². The molecule has 5 heteroatoms. The molecule has 0 radical (unpaired) electrons. The average Bonchev–Trinajstić information content (AvgIpc) is 2.70. The highest BCUT2D eigenvalue weighted by Crippen LogP contribution is 2.16. The minimum Gasteiger partial charge on any atom is -0.480 e. The average molecular weight is 247 g/mol. The van der Waals surface area contributed by atoms with Gasteiger partial charge >= 0.3 is 5.97 Å². The van der Waals surface area contributed by atoms with E-state index in [0.29, 0.717) is 6.54 Å². The van der Waals surface area contributed by atoms with Crippen LogP contribution in [0.15, 0.2) is 30.6 Å². The first kappa shape index (κ1) is 12.6. The summed E-state index contributed by atoms with van der Waals surface area (Å²) in [5, 5.41) is 9.16. The smallest absolute Gasteiger partial charge is 0.323 e. The highest BCUT2D eigenvalue weighted by atomic mass is 16.4. The van der Waals surface area contributed by atoms with E-state index in [1.165, 1.54) is 0 Å². The molecule has 0 saturated heterocycles. The van der Waals surface area contributed by atoms with Crippen molar-refractivity contribution in [2.45, 2.75) is 25.9 Å². The molecule has 0 aliphatic rings. The first-order valence-corrected chi connectivity index (χ1v) is 5.78. The third-order valence-electron chi connectivity index (χ3n) is 3.29. The van der Waals surface area contributed by atoms with E-state index in [1.807, 2.05) is 35.0 Å². The summed E-state index contributed by atoms with van der Waals surface area (Å²) < 4.78 is 1.93. The zero-order chi connectivity index (χ0) is 13.3. The molecule has 2 aromatic rings. The molecule has 0 saturated carbocycles. The Hall–Kier alpha value is -1.88. The number of pyridine rings is 1. The van der Waals surface area contributed by atoms with Gasteiger partial charge in [0.15, 0.2) is 0 Å². The van der Waals surface area contributed by atoms with E-state index in [-0.39, 0.29) is 0 Å². The van der Waals surface area contributed by atoms with Gasteiger partial charge in [-0.2, -0.15) is 0 Å². The van der Waals surface area contributed by atoms with Crippen molar-refractivity contribution in [1.82, 2.24) is 14.3 Å². The second-order valence-corrected chi connectivity index (χ2v) is 4.92. The monoisotopic (exact) mass is 247 g/mol. The number of carboxylic acids is 1. The van der Waals surface area contributed by atoms with Crippen LogP contribution in [0.1, 0.15) is 19.5 Å². The van der Waals surface area contributed by atoms with Gasteiger partial charge in [-0.05, 0) is 33.0 Å². The zero-order valence-corrected chi connectivity index (χ0v) is 10.8. The molecular weight excluding hydrogens is 230 g/mol. The van der Waals surface area contributed by atoms with Gasteiger partial charge in [-0.3, -0.25) is 9.69 Å². The minimum absolute atomic E-state index is 0.501. The Kier molecular flexibility index (Phi) is 3.09. The molecule has 0 fully saturated rings. The lowest BCUT2D eigenvalue weighted by Gasteiger charge is -2.30. The molecule has 2 aromatic heterocycles. The third-order valence-corrected chi connectivity index (χ3v) is 3.29. The molecule has 2 heterocycles. The lowest BCUT2D eigenvalue weighted by Crippen LogP contribution is -2.47. The highest BCUT2D eigenvalue weighted by molar-refractivity contribution is 5.77. The number of likely N-dealkylation sites (N-methyl/N-ethyl adjacent to an activating group) is 1. The van der Waals surface area contributed by atoms with Gasteiger partial charge in [0.25, 0.3) is 0 Å². The summed E-state index contributed by atoms with van der Waals surface area (Å²) in [7, 11) is 1.79. The van der Waals surface area contributed by atoms with Gasteiger partial charge < -0.3 is 9.51 Å². The van der Waals surface area contributed by atoms with E-state index in [1.54, 1.807) is 25.8 Å². The van der Waals surface area contributed by atoms with Gasteiger partial charge in [-0.25, -0.2) is 4.98 Å². The summed E-state index contributed by atoms with van der Waals surface area (Å²) in [5.41, 5.74) is 0.822. The lowest BCUT2D eigenvalue weighted by atomic mass is 10.0. The summed E-state index contributed by atoms with van der Waals surface area (Å²) in [5.74, 6) is -0.839. The maximum atomic E-state index is 11.2. The van der Waals surface area contributed by atoms with Crippen molar-refractivity contribution < 1.29 is 9.90 Å². The predicted octanol–water partition coefficient (Wildman–Crippen LogP) is 1.63. The van der Waals surface area contributed by atoms with Crippen LogP contribution >= 0.6 is 0 Å². The Bertz CT molecular complexity index is 541. The summed E-state index contributed by atoms with van der Waals surface area (Å²) in [6.07, 6.45) is 3.85. The SMILES string of the molecule is CN(Cc1cn2ccccc2n1)C(C)(C)C(=O)O. The summed E-state index contributed by atoms with van der Waals surface area (Å²) >= 11 is 0. The Labute approximate surface area is 106 Å². The normalized spacial score (nSPS) is 12.2. The molecule has 96 valence electrons. The second kappa shape index (κ2) is 4.42. The Morgan fingerprint density at radius 2 is 2.22 bits per heavy atom. The van der Waals surface area contributed by atoms with Crippen molar-refractivity contribution in [3.05, 3.63) is 36.3 Å². The van der Waals surface area contributed by atoms with Crippen LogP contribution in [0.3, 0.4) is 0 Å². The van der Waals surface area contributed by atoms with Crippen LogP contribution in [-0.2, 0) is 11.3 Å². The molecule has 0 aliphatic carbocycles. The Morgan fingerprint density at radius 3 is 2.83 bits per heavy atom. The molecule has 18 heavy (non-hydrogen) atoms. The lowest BCUT2D eigenvalue weighted by molar-refractivity contribution is -0.148. The van der Waals surface area contributed by atoms with E-state index >= 15 is 0 Å². The highest BCUT2D eigenvalue weighted by Gasteiger charge is 2.32.